The SMILES string of the molecule is O=C(Nc1nn[nH]n1)c1ccc(CN(C(=O)c2cccc(NO)c2)c2ccc(C3CCCCC3)cc2)cc1. The highest BCUT2D eigenvalue weighted by Crippen LogP contribution is 2.34. The van der Waals surface area contributed by atoms with Crippen molar-refractivity contribution in [2.45, 2.75) is 44.6 Å². The van der Waals surface area contributed by atoms with Crippen LogP contribution in [0.5, 0.6) is 0 Å². The molecule has 0 unspecified atom stereocenters. The molecule has 1 fully saturated rings. The summed E-state index contributed by atoms with van der Waals surface area (Å²) in [5, 5.41) is 25.0. The van der Waals surface area contributed by atoms with Crippen LogP contribution in [0.2, 0.25) is 0 Å². The van der Waals surface area contributed by atoms with E-state index < -0.39 is 0 Å². The summed E-state index contributed by atoms with van der Waals surface area (Å²) in [6.07, 6.45) is 6.23. The van der Waals surface area contributed by atoms with Gasteiger partial charge in [-0.1, -0.05) is 54.7 Å². The Morgan fingerprint density at radius 2 is 1.71 bits per heavy atom. The van der Waals surface area contributed by atoms with Crippen molar-refractivity contribution in [3.63, 3.8) is 0 Å². The minimum Gasteiger partial charge on any atom is -0.304 e. The Morgan fingerprint density at radius 3 is 2.39 bits per heavy atom. The summed E-state index contributed by atoms with van der Waals surface area (Å²) in [6, 6.07) is 22.0. The number of carbonyl (C=O) groups is 2. The minimum atomic E-state index is -0.363. The number of aromatic nitrogens is 4. The predicted octanol–water partition coefficient (Wildman–Crippen LogP) is 5.15. The number of nitrogens with one attached hydrogen (secondary N) is 3. The lowest BCUT2D eigenvalue weighted by molar-refractivity contribution is 0.0983. The Bertz CT molecular complexity index is 1370. The zero-order valence-electron chi connectivity index (χ0n) is 20.8. The van der Waals surface area contributed by atoms with Crippen molar-refractivity contribution < 1.29 is 14.8 Å². The molecule has 5 rings (SSSR count). The number of tetrazole rings is 1. The molecule has 2 amide bonds. The molecule has 0 saturated heterocycles. The standard InChI is InChI=1S/C28H29N7O3/c36-26(29-28-30-33-34-31-28)22-11-9-19(10-12-22)18-35(27(37)23-7-4-8-24(17-23)32-38)25-15-13-21(14-16-25)20-5-2-1-3-6-20/h4,7-17,20,32,38H,1-3,5-6,18H2,(H2,29,30,31,33,34,36). The Labute approximate surface area is 220 Å². The quantitative estimate of drug-likeness (QED) is 0.240. The van der Waals surface area contributed by atoms with Crippen LogP contribution in [0, 0.1) is 0 Å². The second kappa shape index (κ2) is 11.7. The van der Waals surface area contributed by atoms with Gasteiger partial charge < -0.3 is 4.90 Å². The number of hydrogen-bond donors (Lipinski definition) is 4. The fraction of sp³-hybridized carbons (Fsp3) is 0.250. The maximum atomic E-state index is 13.7. The molecule has 0 aliphatic heterocycles. The summed E-state index contributed by atoms with van der Waals surface area (Å²) < 4.78 is 0. The van der Waals surface area contributed by atoms with Gasteiger partial charge in [-0.25, -0.2) is 0 Å². The summed E-state index contributed by atoms with van der Waals surface area (Å²) in [5.41, 5.74) is 6.33. The fourth-order valence-corrected chi connectivity index (χ4v) is 4.85. The molecule has 0 spiro atoms. The molecule has 1 aromatic heterocycles. The van der Waals surface area contributed by atoms with E-state index in [4.69, 9.17) is 0 Å². The van der Waals surface area contributed by atoms with E-state index >= 15 is 0 Å². The molecule has 10 heteroatoms. The van der Waals surface area contributed by atoms with Gasteiger partial charge in [-0.15, -0.1) is 5.10 Å². The Morgan fingerprint density at radius 1 is 0.947 bits per heavy atom. The molecule has 3 aromatic carbocycles. The van der Waals surface area contributed by atoms with Crippen molar-refractivity contribution in [2.75, 3.05) is 15.7 Å². The Hall–Kier alpha value is -4.57. The van der Waals surface area contributed by atoms with Gasteiger partial charge in [-0.2, -0.15) is 5.21 Å². The van der Waals surface area contributed by atoms with E-state index in [1.54, 1.807) is 41.3 Å². The largest absolute Gasteiger partial charge is 0.304 e. The average Bonchev–Trinajstić information content (AvgIpc) is 3.49. The lowest BCUT2D eigenvalue weighted by Crippen LogP contribution is -2.30. The van der Waals surface area contributed by atoms with Gasteiger partial charge in [0.05, 0.1) is 12.2 Å². The normalized spacial score (nSPS) is 13.6. The van der Waals surface area contributed by atoms with E-state index in [1.807, 2.05) is 24.3 Å². The average molecular weight is 512 g/mol. The van der Waals surface area contributed by atoms with Crippen LogP contribution in [0.4, 0.5) is 17.3 Å². The number of hydrogen-bond acceptors (Lipinski definition) is 7. The molecule has 1 aliphatic carbocycles. The van der Waals surface area contributed by atoms with Crippen molar-refractivity contribution >= 4 is 29.1 Å². The monoisotopic (exact) mass is 511 g/mol. The smallest absolute Gasteiger partial charge is 0.270 e. The molecule has 0 bridgehead atoms. The topological polar surface area (TPSA) is 136 Å². The van der Waals surface area contributed by atoms with Gasteiger partial charge in [-0.3, -0.25) is 25.6 Å². The number of nitrogens with zero attached hydrogens (tertiary/aromatic N) is 4. The van der Waals surface area contributed by atoms with E-state index in [1.165, 1.54) is 37.7 Å². The van der Waals surface area contributed by atoms with Gasteiger partial charge in [-0.05, 0) is 77.6 Å². The van der Waals surface area contributed by atoms with Gasteiger partial charge in [0, 0.05) is 16.8 Å². The molecule has 1 heterocycles. The minimum absolute atomic E-state index is 0.0899. The number of H-pyrrole nitrogens is 1. The lowest BCUT2D eigenvalue weighted by atomic mass is 9.84. The first-order valence-electron chi connectivity index (χ1n) is 12.7. The summed E-state index contributed by atoms with van der Waals surface area (Å²) in [4.78, 5) is 27.9. The van der Waals surface area contributed by atoms with Crippen LogP contribution < -0.4 is 15.7 Å². The summed E-state index contributed by atoms with van der Waals surface area (Å²) in [6.45, 7) is 0.297. The first-order chi connectivity index (χ1) is 18.6. The zero-order valence-corrected chi connectivity index (χ0v) is 20.8. The summed E-state index contributed by atoms with van der Waals surface area (Å²) >= 11 is 0. The first-order valence-corrected chi connectivity index (χ1v) is 12.7. The number of rotatable bonds is 8. The van der Waals surface area contributed by atoms with Crippen LogP contribution in [0.15, 0.2) is 72.8 Å². The van der Waals surface area contributed by atoms with E-state index in [0.29, 0.717) is 29.3 Å². The maximum absolute atomic E-state index is 13.7. The lowest BCUT2D eigenvalue weighted by Gasteiger charge is -2.26. The van der Waals surface area contributed by atoms with Gasteiger partial charge in [0.2, 0.25) is 0 Å². The van der Waals surface area contributed by atoms with Crippen LogP contribution in [-0.2, 0) is 6.54 Å². The Kier molecular flexibility index (Phi) is 7.70. The third-order valence-electron chi connectivity index (χ3n) is 6.89. The van der Waals surface area contributed by atoms with Crippen LogP contribution >= 0.6 is 0 Å². The molecule has 4 N–H and O–H groups in total. The van der Waals surface area contributed by atoms with Gasteiger partial charge in [0.15, 0.2) is 0 Å². The van der Waals surface area contributed by atoms with Crippen molar-refractivity contribution in [2.24, 2.45) is 0 Å². The molecule has 0 atom stereocenters. The number of anilines is 3. The van der Waals surface area contributed by atoms with E-state index in [2.05, 4.69) is 43.6 Å². The molecule has 194 valence electrons. The van der Waals surface area contributed by atoms with Crippen molar-refractivity contribution in [1.29, 1.82) is 0 Å². The third-order valence-corrected chi connectivity index (χ3v) is 6.89. The number of amides is 2. The van der Waals surface area contributed by atoms with Crippen molar-refractivity contribution in [3.8, 4) is 0 Å². The molecular weight excluding hydrogens is 482 g/mol. The Balaban J connectivity index is 1.38. The van der Waals surface area contributed by atoms with E-state index in [9.17, 15) is 14.8 Å². The van der Waals surface area contributed by atoms with Crippen LogP contribution in [0.1, 0.15) is 69.9 Å². The van der Waals surface area contributed by atoms with Crippen LogP contribution in [-0.4, -0.2) is 37.6 Å². The fourth-order valence-electron chi connectivity index (χ4n) is 4.85. The van der Waals surface area contributed by atoms with Gasteiger partial charge >= 0.3 is 0 Å². The van der Waals surface area contributed by atoms with Crippen molar-refractivity contribution in [1.82, 2.24) is 20.6 Å². The zero-order chi connectivity index (χ0) is 26.3. The molecule has 4 aromatic rings. The van der Waals surface area contributed by atoms with Gasteiger partial charge in [0.1, 0.15) is 0 Å². The molecule has 38 heavy (non-hydrogen) atoms. The predicted molar refractivity (Wildman–Crippen MR) is 143 cm³/mol. The van der Waals surface area contributed by atoms with Crippen molar-refractivity contribution in [3.05, 3.63) is 95.1 Å². The molecule has 0 radical (unpaired) electrons. The molecule has 10 nitrogen and oxygen atoms in total. The summed E-state index contributed by atoms with van der Waals surface area (Å²) in [5.74, 6) is 0.0940. The first kappa shape index (κ1) is 25.1. The number of aromatic amines is 1. The second-order valence-electron chi connectivity index (χ2n) is 9.40. The van der Waals surface area contributed by atoms with Crippen LogP contribution in [0.25, 0.3) is 0 Å². The number of benzene rings is 3. The molecule has 1 saturated carbocycles. The van der Waals surface area contributed by atoms with E-state index in [0.717, 1.165) is 11.3 Å². The molecule has 1 aliphatic rings. The highest BCUT2D eigenvalue weighted by molar-refractivity contribution is 6.06. The van der Waals surface area contributed by atoms with E-state index in [-0.39, 0.29) is 17.8 Å². The third kappa shape index (κ3) is 5.87. The highest BCUT2D eigenvalue weighted by Gasteiger charge is 2.21. The maximum Gasteiger partial charge on any atom is 0.270 e. The highest BCUT2D eigenvalue weighted by atomic mass is 16.5. The molecular formula is C28H29N7O3. The van der Waals surface area contributed by atoms with Crippen LogP contribution in [0.3, 0.4) is 0 Å². The number of carbonyl (C=O) groups excluding carboxylic acids is 2. The van der Waals surface area contributed by atoms with Gasteiger partial charge in [0.25, 0.3) is 17.8 Å². The summed E-state index contributed by atoms with van der Waals surface area (Å²) in [7, 11) is 0. The second-order valence-corrected chi connectivity index (χ2v) is 9.40.